The van der Waals surface area contributed by atoms with Gasteiger partial charge in [-0.25, -0.2) is 8.42 Å². The first-order valence-electron chi connectivity index (χ1n) is 8.54. The monoisotopic (exact) mass is 335 g/mol. The Balaban J connectivity index is 1.61. The average molecular weight is 335 g/mol. The zero-order valence-electron chi connectivity index (χ0n) is 13.6. The molecule has 23 heavy (non-hydrogen) atoms. The second-order valence-corrected chi connectivity index (χ2v) is 9.10. The van der Waals surface area contributed by atoms with Crippen LogP contribution < -0.4 is 5.32 Å². The summed E-state index contributed by atoms with van der Waals surface area (Å²) in [7, 11) is -3.22. The van der Waals surface area contributed by atoms with Crippen molar-refractivity contribution in [3.8, 4) is 0 Å². The van der Waals surface area contributed by atoms with E-state index in [4.69, 9.17) is 0 Å². The zero-order valence-corrected chi connectivity index (χ0v) is 14.4. The van der Waals surface area contributed by atoms with Crippen LogP contribution in [0.1, 0.15) is 55.3 Å². The van der Waals surface area contributed by atoms with Crippen molar-refractivity contribution in [2.45, 2.75) is 55.9 Å². The van der Waals surface area contributed by atoms with Gasteiger partial charge >= 0.3 is 0 Å². The Morgan fingerprint density at radius 3 is 2.30 bits per heavy atom. The molecule has 0 aliphatic heterocycles. The first-order valence-corrected chi connectivity index (χ1v) is 10.4. The maximum atomic E-state index is 12.4. The van der Waals surface area contributed by atoms with Gasteiger partial charge in [-0.05, 0) is 55.4 Å². The number of nitrogens with one attached hydrogen (secondary N) is 1. The third kappa shape index (κ3) is 3.94. The lowest BCUT2D eigenvalue weighted by atomic mass is 9.69. The Hall–Kier alpha value is -1.36. The molecule has 5 heteroatoms. The van der Waals surface area contributed by atoms with Crippen LogP contribution in [0.5, 0.6) is 0 Å². The Morgan fingerprint density at radius 1 is 1.00 bits per heavy atom. The van der Waals surface area contributed by atoms with Crippen molar-refractivity contribution >= 4 is 15.7 Å². The molecule has 2 saturated carbocycles. The van der Waals surface area contributed by atoms with Gasteiger partial charge in [0.25, 0.3) is 5.91 Å². The quantitative estimate of drug-likeness (QED) is 0.923. The number of amides is 1. The lowest BCUT2D eigenvalue weighted by Gasteiger charge is -2.39. The summed E-state index contributed by atoms with van der Waals surface area (Å²) >= 11 is 0. The highest BCUT2D eigenvalue weighted by atomic mass is 32.2. The summed E-state index contributed by atoms with van der Waals surface area (Å²) in [6, 6.07) is 6.46. The Morgan fingerprint density at radius 2 is 1.65 bits per heavy atom. The second kappa shape index (κ2) is 6.63. The molecule has 1 N–H and O–H groups in total. The maximum Gasteiger partial charge on any atom is 0.251 e. The standard InChI is InChI=1S/C18H25NO3S/c1-23(21,22)17-10-7-14(8-11-17)18(20)19-16-9-6-13-4-2-3-5-15(13)12-16/h7-8,10-11,13,15-16H,2-6,9,12H2,1H3,(H,19,20)/t13-,15+,16+/m0/s1. The third-order valence-electron chi connectivity index (χ3n) is 5.42. The molecule has 2 fully saturated rings. The molecule has 0 spiro atoms. The van der Waals surface area contributed by atoms with Gasteiger partial charge in [0.05, 0.1) is 4.90 Å². The molecule has 1 amide bonds. The van der Waals surface area contributed by atoms with Crippen molar-refractivity contribution in [3.05, 3.63) is 29.8 Å². The van der Waals surface area contributed by atoms with Gasteiger partial charge in [-0.2, -0.15) is 0 Å². The summed E-state index contributed by atoms with van der Waals surface area (Å²) in [5, 5.41) is 3.14. The maximum absolute atomic E-state index is 12.4. The van der Waals surface area contributed by atoms with Crippen LogP contribution in [0.4, 0.5) is 0 Å². The Kier molecular flexibility index (Phi) is 4.76. The van der Waals surface area contributed by atoms with Gasteiger partial charge in [0.1, 0.15) is 0 Å². The lowest BCUT2D eigenvalue weighted by Crippen LogP contribution is -2.41. The predicted octanol–water partition coefficient (Wildman–Crippen LogP) is 3.18. The number of rotatable bonds is 3. The number of hydrogen-bond acceptors (Lipinski definition) is 3. The first-order chi connectivity index (χ1) is 10.9. The van der Waals surface area contributed by atoms with E-state index in [2.05, 4.69) is 5.32 Å². The van der Waals surface area contributed by atoms with Gasteiger partial charge in [-0.1, -0.05) is 25.7 Å². The molecule has 1 aromatic rings. The molecule has 4 nitrogen and oxygen atoms in total. The van der Waals surface area contributed by atoms with E-state index >= 15 is 0 Å². The van der Waals surface area contributed by atoms with Crippen molar-refractivity contribution in [1.82, 2.24) is 5.32 Å². The van der Waals surface area contributed by atoms with Crippen molar-refractivity contribution in [2.24, 2.45) is 11.8 Å². The SMILES string of the molecule is CS(=O)(=O)c1ccc(C(=O)N[C@@H]2CC[C@@H]3CCCC[C@@H]3C2)cc1. The summed E-state index contributed by atoms with van der Waals surface area (Å²) in [6.07, 6.45) is 9.91. The van der Waals surface area contributed by atoms with Crippen molar-refractivity contribution < 1.29 is 13.2 Å². The van der Waals surface area contributed by atoms with Gasteiger partial charge in [-0.15, -0.1) is 0 Å². The highest BCUT2D eigenvalue weighted by molar-refractivity contribution is 7.90. The van der Waals surface area contributed by atoms with E-state index in [0.29, 0.717) is 5.56 Å². The molecule has 126 valence electrons. The van der Waals surface area contributed by atoms with Crippen LogP contribution in [-0.4, -0.2) is 26.6 Å². The molecule has 0 bridgehead atoms. The summed E-state index contributed by atoms with van der Waals surface area (Å²) in [5.74, 6) is 1.55. The molecule has 0 radical (unpaired) electrons. The fraction of sp³-hybridized carbons (Fsp3) is 0.611. The minimum absolute atomic E-state index is 0.0932. The number of hydrogen-bond donors (Lipinski definition) is 1. The van der Waals surface area contributed by atoms with Crippen LogP contribution in [0.3, 0.4) is 0 Å². The van der Waals surface area contributed by atoms with Crippen LogP contribution in [0.25, 0.3) is 0 Å². The van der Waals surface area contributed by atoms with E-state index < -0.39 is 9.84 Å². The summed E-state index contributed by atoms with van der Waals surface area (Å²) in [4.78, 5) is 12.6. The molecule has 2 aliphatic carbocycles. The molecule has 3 rings (SSSR count). The number of carbonyl (C=O) groups excluding carboxylic acids is 1. The third-order valence-corrected chi connectivity index (χ3v) is 6.55. The molecular formula is C18H25NO3S. The molecule has 0 aromatic heterocycles. The van der Waals surface area contributed by atoms with E-state index in [0.717, 1.165) is 24.7 Å². The smallest absolute Gasteiger partial charge is 0.251 e. The normalized spacial score (nSPS) is 28.0. The molecule has 0 unspecified atom stereocenters. The summed E-state index contributed by atoms with van der Waals surface area (Å²) < 4.78 is 22.9. The van der Waals surface area contributed by atoms with E-state index in [9.17, 15) is 13.2 Å². The number of sulfone groups is 1. The predicted molar refractivity (Wildman–Crippen MR) is 90.1 cm³/mol. The highest BCUT2D eigenvalue weighted by Gasteiger charge is 2.32. The van der Waals surface area contributed by atoms with Crippen LogP contribution in [0, 0.1) is 11.8 Å². The van der Waals surface area contributed by atoms with Crippen molar-refractivity contribution in [2.75, 3.05) is 6.26 Å². The molecule has 0 saturated heterocycles. The van der Waals surface area contributed by atoms with Gasteiger partial charge in [0, 0.05) is 17.9 Å². The van der Waals surface area contributed by atoms with E-state index in [-0.39, 0.29) is 16.8 Å². The van der Waals surface area contributed by atoms with Crippen LogP contribution >= 0.6 is 0 Å². The molecule has 3 atom stereocenters. The topological polar surface area (TPSA) is 63.2 Å². The van der Waals surface area contributed by atoms with Crippen LogP contribution in [0.15, 0.2) is 29.2 Å². The minimum atomic E-state index is -3.22. The summed E-state index contributed by atoms with van der Waals surface area (Å²) in [6.45, 7) is 0. The largest absolute Gasteiger partial charge is 0.349 e. The average Bonchev–Trinajstić information content (AvgIpc) is 2.54. The number of fused-ring (bicyclic) bond motifs is 1. The zero-order chi connectivity index (χ0) is 16.4. The van der Waals surface area contributed by atoms with Gasteiger partial charge < -0.3 is 5.32 Å². The van der Waals surface area contributed by atoms with Gasteiger partial charge in [-0.3, -0.25) is 4.79 Å². The Bertz CT molecular complexity index is 666. The minimum Gasteiger partial charge on any atom is -0.349 e. The van der Waals surface area contributed by atoms with E-state index in [1.165, 1.54) is 50.5 Å². The van der Waals surface area contributed by atoms with Crippen LogP contribution in [-0.2, 0) is 9.84 Å². The number of carbonyl (C=O) groups is 1. The Labute approximate surface area is 138 Å². The van der Waals surface area contributed by atoms with Crippen molar-refractivity contribution in [1.29, 1.82) is 0 Å². The van der Waals surface area contributed by atoms with Crippen LogP contribution in [0.2, 0.25) is 0 Å². The molecule has 0 heterocycles. The summed E-state index contributed by atoms with van der Waals surface area (Å²) in [5.41, 5.74) is 0.531. The fourth-order valence-electron chi connectivity index (χ4n) is 4.13. The fourth-order valence-corrected chi connectivity index (χ4v) is 4.76. The number of benzene rings is 1. The lowest BCUT2D eigenvalue weighted by molar-refractivity contribution is 0.0879. The van der Waals surface area contributed by atoms with E-state index in [1.807, 2.05) is 0 Å². The van der Waals surface area contributed by atoms with Crippen molar-refractivity contribution in [3.63, 3.8) is 0 Å². The van der Waals surface area contributed by atoms with E-state index in [1.54, 1.807) is 12.1 Å². The first kappa shape index (κ1) is 16.5. The molecule has 1 aromatic carbocycles. The molecule has 2 aliphatic rings. The molecular weight excluding hydrogens is 310 g/mol. The highest BCUT2D eigenvalue weighted by Crippen LogP contribution is 2.40. The second-order valence-electron chi connectivity index (χ2n) is 7.08. The van der Waals surface area contributed by atoms with Gasteiger partial charge in [0.2, 0.25) is 0 Å². The van der Waals surface area contributed by atoms with Gasteiger partial charge in [0.15, 0.2) is 9.84 Å².